The average molecular weight is 209 g/mol. The molecule has 0 aliphatic heterocycles. The van der Waals surface area contributed by atoms with Gasteiger partial charge < -0.3 is 0 Å². The Morgan fingerprint density at radius 1 is 0.938 bits per heavy atom. The average Bonchev–Trinajstić information content (AvgIpc) is 2.49. The fourth-order valence-corrected chi connectivity index (χ4v) is 2.20. The van der Waals surface area contributed by atoms with Gasteiger partial charge in [0.2, 0.25) is 0 Å². The Labute approximate surface area is 94.0 Å². The molecule has 1 heterocycles. The number of Topliss-reactive ketones (excluding diaryl/α,β-unsaturated/α-hetero) is 1. The van der Waals surface area contributed by atoms with Crippen molar-refractivity contribution >= 4 is 5.78 Å². The van der Waals surface area contributed by atoms with Gasteiger partial charge in [-0.05, 0) is 24.1 Å². The van der Waals surface area contributed by atoms with Crippen LogP contribution in [0.1, 0.15) is 22.3 Å². The summed E-state index contributed by atoms with van der Waals surface area (Å²) in [5.41, 5.74) is 3.91. The standard InChI is InChI=1S/C14H11NO/c16-13-8-7-10-4-1-2-5-11(10)14-12(13)6-3-9-15-14/h1-6,9H,7-8H2. The largest absolute Gasteiger partial charge is 0.294 e. The van der Waals surface area contributed by atoms with Crippen molar-refractivity contribution in [3.8, 4) is 11.3 Å². The van der Waals surface area contributed by atoms with Crippen LogP contribution in [-0.2, 0) is 6.42 Å². The lowest BCUT2D eigenvalue weighted by molar-refractivity contribution is 0.0984. The zero-order valence-electron chi connectivity index (χ0n) is 8.81. The summed E-state index contributed by atoms with van der Waals surface area (Å²) in [6.07, 6.45) is 3.13. The van der Waals surface area contributed by atoms with Gasteiger partial charge >= 0.3 is 0 Å². The van der Waals surface area contributed by atoms with Crippen LogP contribution in [-0.4, -0.2) is 10.8 Å². The van der Waals surface area contributed by atoms with Gasteiger partial charge in [-0.15, -0.1) is 0 Å². The second-order valence-corrected chi connectivity index (χ2v) is 3.98. The van der Waals surface area contributed by atoms with Crippen LogP contribution < -0.4 is 0 Å². The van der Waals surface area contributed by atoms with E-state index in [-0.39, 0.29) is 5.78 Å². The van der Waals surface area contributed by atoms with Gasteiger partial charge in [0, 0.05) is 23.7 Å². The maximum atomic E-state index is 11.9. The maximum absolute atomic E-state index is 11.9. The molecule has 2 aromatic rings. The second kappa shape index (κ2) is 3.56. The molecule has 0 saturated heterocycles. The van der Waals surface area contributed by atoms with Crippen LogP contribution in [0.2, 0.25) is 0 Å². The molecular weight excluding hydrogens is 198 g/mol. The van der Waals surface area contributed by atoms with Crippen molar-refractivity contribution in [2.24, 2.45) is 0 Å². The van der Waals surface area contributed by atoms with Gasteiger partial charge in [0.05, 0.1) is 5.69 Å². The molecule has 0 atom stereocenters. The van der Waals surface area contributed by atoms with Gasteiger partial charge in [-0.1, -0.05) is 24.3 Å². The van der Waals surface area contributed by atoms with E-state index in [0.29, 0.717) is 6.42 Å². The highest BCUT2D eigenvalue weighted by Crippen LogP contribution is 2.30. The van der Waals surface area contributed by atoms with Crippen LogP contribution in [0.4, 0.5) is 0 Å². The number of carbonyl (C=O) groups excluding carboxylic acids is 1. The summed E-state index contributed by atoms with van der Waals surface area (Å²) in [5, 5.41) is 0. The summed E-state index contributed by atoms with van der Waals surface area (Å²) in [6.45, 7) is 0. The smallest absolute Gasteiger partial charge is 0.165 e. The molecule has 16 heavy (non-hydrogen) atoms. The minimum atomic E-state index is 0.194. The predicted molar refractivity (Wildman–Crippen MR) is 62.3 cm³/mol. The van der Waals surface area contributed by atoms with E-state index in [4.69, 9.17) is 0 Å². The molecule has 1 aliphatic rings. The monoisotopic (exact) mass is 209 g/mol. The summed E-state index contributed by atoms with van der Waals surface area (Å²) in [7, 11) is 0. The number of ketones is 1. The molecule has 1 aromatic heterocycles. The number of nitrogens with zero attached hydrogens (tertiary/aromatic N) is 1. The number of aryl methyl sites for hydroxylation is 1. The van der Waals surface area contributed by atoms with Gasteiger partial charge in [-0.2, -0.15) is 0 Å². The number of fused-ring (bicyclic) bond motifs is 3. The van der Waals surface area contributed by atoms with E-state index in [1.165, 1.54) is 5.56 Å². The summed E-state index contributed by atoms with van der Waals surface area (Å²) in [6, 6.07) is 11.8. The normalized spacial score (nSPS) is 13.9. The lowest BCUT2D eigenvalue weighted by Crippen LogP contribution is -2.00. The van der Waals surface area contributed by atoms with E-state index in [1.807, 2.05) is 30.3 Å². The Balaban J connectivity index is 2.32. The quantitative estimate of drug-likeness (QED) is 0.667. The zero-order valence-corrected chi connectivity index (χ0v) is 8.81. The Hall–Kier alpha value is -1.96. The minimum Gasteiger partial charge on any atom is -0.294 e. The van der Waals surface area contributed by atoms with Crippen LogP contribution in [0.15, 0.2) is 42.6 Å². The van der Waals surface area contributed by atoms with Crippen molar-refractivity contribution in [3.63, 3.8) is 0 Å². The Bertz CT molecular complexity index is 560. The van der Waals surface area contributed by atoms with Crippen molar-refractivity contribution in [2.45, 2.75) is 12.8 Å². The number of aromatic nitrogens is 1. The summed E-state index contributed by atoms with van der Waals surface area (Å²) >= 11 is 0. The molecule has 0 fully saturated rings. The molecule has 2 nitrogen and oxygen atoms in total. The van der Waals surface area contributed by atoms with Gasteiger partial charge in [0.1, 0.15) is 0 Å². The molecule has 0 amide bonds. The van der Waals surface area contributed by atoms with Gasteiger partial charge in [-0.3, -0.25) is 9.78 Å². The van der Waals surface area contributed by atoms with Gasteiger partial charge in [0.15, 0.2) is 5.78 Å². The number of hydrogen-bond donors (Lipinski definition) is 0. The van der Waals surface area contributed by atoms with Gasteiger partial charge in [0.25, 0.3) is 0 Å². The third-order valence-corrected chi connectivity index (χ3v) is 3.00. The van der Waals surface area contributed by atoms with Crippen molar-refractivity contribution in [1.82, 2.24) is 4.98 Å². The third-order valence-electron chi connectivity index (χ3n) is 3.00. The molecule has 1 aliphatic carbocycles. The predicted octanol–water partition coefficient (Wildman–Crippen LogP) is 2.88. The Morgan fingerprint density at radius 3 is 2.69 bits per heavy atom. The van der Waals surface area contributed by atoms with Crippen molar-refractivity contribution in [3.05, 3.63) is 53.7 Å². The van der Waals surface area contributed by atoms with Crippen LogP contribution in [0.5, 0.6) is 0 Å². The van der Waals surface area contributed by atoms with Crippen LogP contribution in [0.3, 0.4) is 0 Å². The topological polar surface area (TPSA) is 30.0 Å². The number of benzene rings is 1. The van der Waals surface area contributed by atoms with E-state index in [2.05, 4.69) is 11.1 Å². The number of pyridine rings is 1. The highest BCUT2D eigenvalue weighted by Gasteiger charge is 2.19. The lowest BCUT2D eigenvalue weighted by atomic mass is 10.0. The zero-order chi connectivity index (χ0) is 11.0. The van der Waals surface area contributed by atoms with E-state index >= 15 is 0 Å². The fraction of sp³-hybridized carbons (Fsp3) is 0.143. The van der Waals surface area contributed by atoms with E-state index in [9.17, 15) is 4.79 Å². The first-order valence-electron chi connectivity index (χ1n) is 5.43. The molecule has 0 spiro atoms. The molecular formula is C14H11NO. The maximum Gasteiger partial charge on any atom is 0.165 e. The highest BCUT2D eigenvalue weighted by molar-refractivity contribution is 6.02. The highest BCUT2D eigenvalue weighted by atomic mass is 16.1. The summed E-state index contributed by atoms with van der Waals surface area (Å²) in [4.78, 5) is 16.3. The first-order chi connectivity index (χ1) is 7.86. The SMILES string of the molecule is O=C1CCc2ccccc2-c2ncccc21. The van der Waals surface area contributed by atoms with Gasteiger partial charge in [-0.25, -0.2) is 0 Å². The molecule has 0 N–H and O–H groups in total. The number of carbonyl (C=O) groups is 1. The van der Waals surface area contributed by atoms with Crippen LogP contribution >= 0.6 is 0 Å². The molecule has 1 aromatic carbocycles. The van der Waals surface area contributed by atoms with Crippen LogP contribution in [0.25, 0.3) is 11.3 Å². The molecule has 78 valence electrons. The van der Waals surface area contributed by atoms with Crippen LogP contribution in [0, 0.1) is 0 Å². The first kappa shape index (κ1) is 9.28. The molecule has 0 radical (unpaired) electrons. The second-order valence-electron chi connectivity index (χ2n) is 3.98. The van der Waals surface area contributed by atoms with Crippen molar-refractivity contribution in [2.75, 3.05) is 0 Å². The van der Waals surface area contributed by atoms with E-state index in [1.54, 1.807) is 6.20 Å². The number of rotatable bonds is 0. The first-order valence-corrected chi connectivity index (χ1v) is 5.43. The summed E-state index contributed by atoms with van der Waals surface area (Å²) < 4.78 is 0. The van der Waals surface area contributed by atoms with E-state index < -0.39 is 0 Å². The molecule has 0 bridgehead atoms. The molecule has 3 rings (SSSR count). The minimum absolute atomic E-state index is 0.194. The van der Waals surface area contributed by atoms with Crippen molar-refractivity contribution in [1.29, 1.82) is 0 Å². The Morgan fingerprint density at radius 2 is 1.75 bits per heavy atom. The molecule has 0 saturated carbocycles. The molecule has 2 heteroatoms. The Kier molecular flexibility index (Phi) is 2.07. The third kappa shape index (κ3) is 1.34. The van der Waals surface area contributed by atoms with E-state index in [0.717, 1.165) is 23.2 Å². The number of hydrogen-bond acceptors (Lipinski definition) is 2. The molecule has 0 unspecified atom stereocenters. The lowest BCUT2D eigenvalue weighted by Gasteiger charge is -2.06. The fourth-order valence-electron chi connectivity index (χ4n) is 2.20. The summed E-state index contributed by atoms with van der Waals surface area (Å²) in [5.74, 6) is 0.194. The van der Waals surface area contributed by atoms with Crippen molar-refractivity contribution < 1.29 is 4.79 Å².